The summed E-state index contributed by atoms with van der Waals surface area (Å²) < 4.78 is 1.16. The molecule has 2 atom stereocenters. The van der Waals surface area contributed by atoms with Crippen molar-refractivity contribution in [1.29, 1.82) is 0 Å². The van der Waals surface area contributed by atoms with Crippen molar-refractivity contribution in [3.63, 3.8) is 0 Å². The van der Waals surface area contributed by atoms with E-state index in [1.165, 1.54) is 25.2 Å². The minimum atomic E-state index is 0.737. The standard InChI is InChI=1S/C12H15BrN2/c1-14-7-12-6-11(14)8-15(12)10-4-2-9(13)3-5-10/h2-5,11-12H,6-8H2,1H3. The van der Waals surface area contributed by atoms with E-state index in [9.17, 15) is 0 Å². The number of anilines is 1. The first-order valence-electron chi connectivity index (χ1n) is 5.46. The number of hydrogen-bond acceptors (Lipinski definition) is 2. The van der Waals surface area contributed by atoms with Crippen LogP contribution < -0.4 is 4.90 Å². The lowest BCUT2D eigenvalue weighted by atomic mass is 10.2. The molecule has 2 saturated heterocycles. The Labute approximate surface area is 99.0 Å². The molecule has 0 aliphatic carbocycles. The van der Waals surface area contributed by atoms with E-state index < -0.39 is 0 Å². The SMILES string of the molecule is CN1CC2CC1CN2c1ccc(Br)cc1. The smallest absolute Gasteiger partial charge is 0.0433 e. The van der Waals surface area contributed by atoms with Gasteiger partial charge in [0.25, 0.3) is 0 Å². The zero-order valence-electron chi connectivity index (χ0n) is 8.86. The summed E-state index contributed by atoms with van der Waals surface area (Å²) >= 11 is 3.48. The highest BCUT2D eigenvalue weighted by atomic mass is 79.9. The second-order valence-electron chi connectivity index (χ2n) is 4.61. The second-order valence-corrected chi connectivity index (χ2v) is 5.53. The summed E-state index contributed by atoms with van der Waals surface area (Å²) in [5.74, 6) is 0. The Morgan fingerprint density at radius 3 is 2.40 bits per heavy atom. The zero-order chi connectivity index (χ0) is 10.4. The first-order chi connectivity index (χ1) is 7.24. The molecule has 0 radical (unpaired) electrons. The molecule has 2 fully saturated rings. The fourth-order valence-corrected chi connectivity index (χ4v) is 3.08. The van der Waals surface area contributed by atoms with E-state index in [1.54, 1.807) is 0 Å². The van der Waals surface area contributed by atoms with E-state index in [1.807, 2.05) is 0 Å². The van der Waals surface area contributed by atoms with Gasteiger partial charge in [-0.25, -0.2) is 0 Å². The lowest BCUT2D eigenvalue weighted by Crippen LogP contribution is -2.44. The van der Waals surface area contributed by atoms with Crippen LogP contribution in [0.25, 0.3) is 0 Å². The predicted octanol–water partition coefficient (Wildman–Crippen LogP) is 2.34. The highest BCUT2D eigenvalue weighted by molar-refractivity contribution is 9.10. The van der Waals surface area contributed by atoms with Gasteiger partial charge in [-0.2, -0.15) is 0 Å². The number of benzene rings is 1. The van der Waals surface area contributed by atoms with Crippen molar-refractivity contribution in [2.75, 3.05) is 25.0 Å². The molecule has 0 aromatic heterocycles. The van der Waals surface area contributed by atoms with Gasteiger partial charge in [0.15, 0.2) is 0 Å². The monoisotopic (exact) mass is 266 g/mol. The molecule has 2 aliphatic heterocycles. The minimum Gasteiger partial charge on any atom is -0.366 e. The lowest BCUT2D eigenvalue weighted by Gasteiger charge is -2.33. The third kappa shape index (κ3) is 1.58. The van der Waals surface area contributed by atoms with Gasteiger partial charge in [-0.3, -0.25) is 4.90 Å². The number of nitrogens with zero attached hydrogens (tertiary/aromatic N) is 2. The summed E-state index contributed by atoms with van der Waals surface area (Å²) in [5, 5.41) is 0. The van der Waals surface area contributed by atoms with Gasteiger partial charge >= 0.3 is 0 Å². The van der Waals surface area contributed by atoms with E-state index in [4.69, 9.17) is 0 Å². The van der Waals surface area contributed by atoms with Gasteiger partial charge in [0.1, 0.15) is 0 Å². The number of fused-ring (bicyclic) bond motifs is 2. The van der Waals surface area contributed by atoms with Crippen LogP contribution >= 0.6 is 15.9 Å². The van der Waals surface area contributed by atoms with E-state index in [0.717, 1.165) is 16.6 Å². The molecule has 0 N–H and O–H groups in total. The fraction of sp³-hybridized carbons (Fsp3) is 0.500. The molecule has 3 rings (SSSR count). The number of rotatable bonds is 1. The average Bonchev–Trinajstić information content (AvgIpc) is 2.77. The molecule has 1 aromatic rings. The van der Waals surface area contributed by atoms with Crippen LogP contribution in [0.1, 0.15) is 6.42 Å². The Morgan fingerprint density at radius 2 is 1.87 bits per heavy atom. The van der Waals surface area contributed by atoms with Gasteiger partial charge < -0.3 is 4.90 Å². The normalized spacial score (nSPS) is 30.1. The first kappa shape index (κ1) is 9.67. The van der Waals surface area contributed by atoms with Gasteiger partial charge in [0.2, 0.25) is 0 Å². The number of likely N-dealkylation sites (tertiary alicyclic amines) is 1. The van der Waals surface area contributed by atoms with Crippen LogP contribution in [-0.4, -0.2) is 37.1 Å². The zero-order valence-corrected chi connectivity index (χ0v) is 10.4. The Hall–Kier alpha value is -0.540. The van der Waals surface area contributed by atoms with Crippen LogP contribution in [0, 0.1) is 0 Å². The number of halogens is 1. The Kier molecular flexibility index (Phi) is 2.25. The summed E-state index contributed by atoms with van der Waals surface area (Å²) in [7, 11) is 2.24. The third-order valence-corrected chi connectivity index (χ3v) is 4.20. The predicted molar refractivity (Wildman–Crippen MR) is 66.3 cm³/mol. The molecule has 1 aromatic carbocycles. The lowest BCUT2D eigenvalue weighted by molar-refractivity contribution is 0.292. The van der Waals surface area contributed by atoms with Gasteiger partial charge in [0, 0.05) is 35.3 Å². The molecular formula is C12H15BrN2. The summed E-state index contributed by atoms with van der Waals surface area (Å²) in [4.78, 5) is 5.04. The van der Waals surface area contributed by atoms with Crippen molar-refractivity contribution in [3.8, 4) is 0 Å². The molecule has 2 heterocycles. The quantitative estimate of drug-likeness (QED) is 0.770. The summed E-state index contributed by atoms with van der Waals surface area (Å²) in [6.07, 6.45) is 1.34. The van der Waals surface area contributed by atoms with Crippen LogP contribution in [0.15, 0.2) is 28.7 Å². The van der Waals surface area contributed by atoms with Crippen molar-refractivity contribution in [2.24, 2.45) is 0 Å². The maximum atomic E-state index is 3.48. The molecule has 2 unspecified atom stereocenters. The summed E-state index contributed by atoms with van der Waals surface area (Å²) in [6.45, 7) is 2.42. The summed E-state index contributed by atoms with van der Waals surface area (Å²) in [6, 6.07) is 10.2. The maximum absolute atomic E-state index is 3.48. The van der Waals surface area contributed by atoms with Gasteiger partial charge in [-0.05, 0) is 37.7 Å². The molecule has 2 bridgehead atoms. The molecule has 0 amide bonds. The van der Waals surface area contributed by atoms with Gasteiger partial charge in [-0.15, -0.1) is 0 Å². The Bertz CT molecular complexity index is 360. The van der Waals surface area contributed by atoms with Crippen LogP contribution in [-0.2, 0) is 0 Å². The van der Waals surface area contributed by atoms with Crippen molar-refractivity contribution < 1.29 is 0 Å². The van der Waals surface area contributed by atoms with E-state index in [-0.39, 0.29) is 0 Å². The first-order valence-corrected chi connectivity index (χ1v) is 6.26. The second kappa shape index (κ2) is 3.49. The van der Waals surface area contributed by atoms with E-state index >= 15 is 0 Å². The molecule has 3 heteroatoms. The maximum Gasteiger partial charge on any atom is 0.0433 e. The number of likely N-dealkylation sites (N-methyl/N-ethyl adjacent to an activating group) is 1. The topological polar surface area (TPSA) is 6.48 Å². The van der Waals surface area contributed by atoms with Crippen molar-refractivity contribution in [1.82, 2.24) is 4.90 Å². The van der Waals surface area contributed by atoms with Gasteiger partial charge in [0.05, 0.1) is 0 Å². The highest BCUT2D eigenvalue weighted by Gasteiger charge is 2.41. The van der Waals surface area contributed by atoms with Crippen molar-refractivity contribution in [2.45, 2.75) is 18.5 Å². The average molecular weight is 267 g/mol. The molecule has 0 saturated carbocycles. The molecule has 2 nitrogen and oxygen atoms in total. The molecule has 2 aliphatic rings. The Balaban J connectivity index is 1.83. The van der Waals surface area contributed by atoms with Crippen LogP contribution in [0.2, 0.25) is 0 Å². The van der Waals surface area contributed by atoms with E-state index in [0.29, 0.717) is 0 Å². The van der Waals surface area contributed by atoms with E-state index in [2.05, 4.69) is 57.0 Å². The fourth-order valence-electron chi connectivity index (χ4n) is 2.81. The van der Waals surface area contributed by atoms with Crippen molar-refractivity contribution >= 4 is 21.6 Å². The summed E-state index contributed by atoms with van der Waals surface area (Å²) in [5.41, 5.74) is 1.37. The minimum absolute atomic E-state index is 0.737. The Morgan fingerprint density at radius 1 is 1.13 bits per heavy atom. The molecular weight excluding hydrogens is 252 g/mol. The largest absolute Gasteiger partial charge is 0.366 e. The van der Waals surface area contributed by atoms with Crippen LogP contribution in [0.3, 0.4) is 0 Å². The number of hydrogen-bond donors (Lipinski definition) is 0. The molecule has 15 heavy (non-hydrogen) atoms. The third-order valence-electron chi connectivity index (χ3n) is 3.67. The highest BCUT2D eigenvalue weighted by Crippen LogP contribution is 2.33. The van der Waals surface area contributed by atoms with Crippen LogP contribution in [0.5, 0.6) is 0 Å². The molecule has 0 spiro atoms. The van der Waals surface area contributed by atoms with Gasteiger partial charge in [-0.1, -0.05) is 15.9 Å². The molecule has 80 valence electrons. The van der Waals surface area contributed by atoms with Crippen LogP contribution in [0.4, 0.5) is 5.69 Å². The van der Waals surface area contributed by atoms with Crippen molar-refractivity contribution in [3.05, 3.63) is 28.7 Å². The number of piperazine rings is 1.